The third-order valence-electron chi connectivity index (χ3n) is 3.02. The van der Waals surface area contributed by atoms with Gasteiger partial charge in [-0.25, -0.2) is 0 Å². The fourth-order valence-electron chi connectivity index (χ4n) is 1.65. The van der Waals surface area contributed by atoms with Gasteiger partial charge in [0.1, 0.15) is 0 Å². The Bertz CT molecular complexity index is 300. The Balaban J connectivity index is 3.85. The van der Waals surface area contributed by atoms with Gasteiger partial charge in [0.25, 0.3) is 0 Å². The molecule has 0 saturated heterocycles. The van der Waals surface area contributed by atoms with Crippen molar-refractivity contribution >= 4 is 11.9 Å². The molecule has 0 rings (SSSR count). The van der Waals surface area contributed by atoms with E-state index in [0.29, 0.717) is 19.1 Å². The molecule has 0 radical (unpaired) electrons. The molecular formula is C15H32N4O. The van der Waals surface area contributed by atoms with Crippen molar-refractivity contribution in [1.29, 1.82) is 0 Å². The lowest BCUT2D eigenvalue weighted by Gasteiger charge is -2.19. The number of hydrogen-bond donors (Lipinski definition) is 3. The van der Waals surface area contributed by atoms with Gasteiger partial charge < -0.3 is 16.0 Å². The van der Waals surface area contributed by atoms with Crippen LogP contribution >= 0.6 is 0 Å². The van der Waals surface area contributed by atoms with Crippen molar-refractivity contribution in [3.8, 4) is 0 Å². The molecule has 0 aromatic rings. The van der Waals surface area contributed by atoms with E-state index in [1.165, 1.54) is 6.42 Å². The summed E-state index contributed by atoms with van der Waals surface area (Å²) < 4.78 is 0. The first-order chi connectivity index (χ1) is 9.36. The van der Waals surface area contributed by atoms with Crippen molar-refractivity contribution < 1.29 is 4.79 Å². The maximum Gasteiger partial charge on any atom is 0.222 e. The number of amides is 1. The van der Waals surface area contributed by atoms with Gasteiger partial charge in [-0.05, 0) is 25.7 Å². The second-order valence-corrected chi connectivity index (χ2v) is 5.96. The number of guanidine groups is 1. The maximum atomic E-state index is 11.4. The van der Waals surface area contributed by atoms with E-state index < -0.39 is 0 Å². The third-order valence-corrected chi connectivity index (χ3v) is 3.02. The molecule has 3 N–H and O–H groups in total. The first-order valence-corrected chi connectivity index (χ1v) is 7.61. The summed E-state index contributed by atoms with van der Waals surface area (Å²) in [5, 5.41) is 9.44. The van der Waals surface area contributed by atoms with E-state index in [1.54, 1.807) is 7.05 Å². The Hall–Kier alpha value is -1.26. The molecule has 0 aliphatic heterocycles. The quantitative estimate of drug-likeness (QED) is 0.361. The average Bonchev–Trinajstić information content (AvgIpc) is 2.39. The molecule has 0 heterocycles. The van der Waals surface area contributed by atoms with E-state index in [2.05, 4.69) is 41.7 Å². The van der Waals surface area contributed by atoms with Crippen LogP contribution in [0, 0.1) is 11.8 Å². The van der Waals surface area contributed by atoms with E-state index in [1.807, 2.05) is 13.8 Å². The molecule has 0 saturated carbocycles. The van der Waals surface area contributed by atoms with Gasteiger partial charge in [0.05, 0.1) is 0 Å². The minimum absolute atomic E-state index is 0.0310. The number of aliphatic imine (C=N–C) groups is 1. The number of rotatable bonds is 8. The summed E-state index contributed by atoms with van der Waals surface area (Å²) >= 11 is 0. The highest BCUT2D eigenvalue weighted by molar-refractivity contribution is 5.80. The predicted octanol–water partition coefficient (Wildman–Crippen LogP) is 1.75. The number of hydrogen-bond acceptors (Lipinski definition) is 2. The highest BCUT2D eigenvalue weighted by atomic mass is 16.1. The summed E-state index contributed by atoms with van der Waals surface area (Å²) in [7, 11) is 1.76. The van der Waals surface area contributed by atoms with E-state index >= 15 is 0 Å². The normalized spacial score (nSPS) is 13.5. The smallest absolute Gasteiger partial charge is 0.222 e. The lowest BCUT2D eigenvalue weighted by atomic mass is 10.0. The average molecular weight is 284 g/mol. The molecule has 5 heteroatoms. The van der Waals surface area contributed by atoms with E-state index in [0.717, 1.165) is 18.3 Å². The summed E-state index contributed by atoms with van der Waals surface area (Å²) in [5.74, 6) is 1.63. The molecular weight excluding hydrogens is 252 g/mol. The molecule has 0 aliphatic carbocycles. The van der Waals surface area contributed by atoms with Crippen LogP contribution in [0.2, 0.25) is 0 Å². The lowest BCUT2D eigenvalue weighted by molar-refractivity contribution is -0.123. The van der Waals surface area contributed by atoms with Crippen molar-refractivity contribution in [3.05, 3.63) is 0 Å². The Morgan fingerprint density at radius 1 is 1.00 bits per heavy atom. The second kappa shape index (κ2) is 10.5. The van der Waals surface area contributed by atoms with Crippen LogP contribution in [-0.4, -0.2) is 38.0 Å². The van der Waals surface area contributed by atoms with Crippen molar-refractivity contribution in [2.24, 2.45) is 16.8 Å². The summed E-state index contributed by atoms with van der Waals surface area (Å²) in [5.41, 5.74) is 0. The Kier molecular flexibility index (Phi) is 9.86. The van der Waals surface area contributed by atoms with Crippen LogP contribution in [0.4, 0.5) is 0 Å². The Morgan fingerprint density at radius 3 is 2.10 bits per heavy atom. The SMILES string of the molecule is CN=C(NCCNC(=O)C(C)C)NC(C)CCC(C)C. The molecule has 0 fully saturated rings. The van der Waals surface area contributed by atoms with Crippen LogP contribution in [0.3, 0.4) is 0 Å². The molecule has 5 nitrogen and oxygen atoms in total. The molecule has 1 amide bonds. The number of carbonyl (C=O) groups excluding carboxylic acids is 1. The van der Waals surface area contributed by atoms with Crippen molar-refractivity contribution in [1.82, 2.24) is 16.0 Å². The largest absolute Gasteiger partial charge is 0.355 e. The van der Waals surface area contributed by atoms with E-state index in [4.69, 9.17) is 0 Å². The molecule has 0 aromatic carbocycles. The van der Waals surface area contributed by atoms with Gasteiger partial charge in [-0.15, -0.1) is 0 Å². The third kappa shape index (κ3) is 9.64. The topological polar surface area (TPSA) is 65.5 Å². The zero-order chi connectivity index (χ0) is 15.5. The molecule has 0 spiro atoms. The molecule has 20 heavy (non-hydrogen) atoms. The number of nitrogens with one attached hydrogen (secondary N) is 3. The number of carbonyl (C=O) groups is 1. The van der Waals surface area contributed by atoms with Gasteiger partial charge in [0.15, 0.2) is 5.96 Å². The highest BCUT2D eigenvalue weighted by Crippen LogP contribution is 2.06. The number of nitrogens with zero attached hydrogens (tertiary/aromatic N) is 1. The van der Waals surface area contributed by atoms with Crippen molar-refractivity contribution in [3.63, 3.8) is 0 Å². The van der Waals surface area contributed by atoms with Crippen LogP contribution in [0.5, 0.6) is 0 Å². The first-order valence-electron chi connectivity index (χ1n) is 7.61. The van der Waals surface area contributed by atoms with Crippen molar-refractivity contribution in [2.75, 3.05) is 20.1 Å². The van der Waals surface area contributed by atoms with Crippen LogP contribution in [0.25, 0.3) is 0 Å². The second-order valence-electron chi connectivity index (χ2n) is 5.96. The molecule has 0 aromatic heterocycles. The monoisotopic (exact) mass is 284 g/mol. The van der Waals surface area contributed by atoms with Crippen LogP contribution in [-0.2, 0) is 4.79 Å². The summed E-state index contributed by atoms with van der Waals surface area (Å²) in [6.45, 7) is 11.7. The van der Waals surface area contributed by atoms with Gasteiger partial charge in [0.2, 0.25) is 5.91 Å². The standard InChI is InChI=1S/C15H32N4O/c1-11(2)7-8-13(5)19-15(16-6)18-10-9-17-14(20)12(3)4/h11-13H,7-10H2,1-6H3,(H,17,20)(H2,16,18,19). The molecule has 1 unspecified atom stereocenters. The van der Waals surface area contributed by atoms with Crippen LogP contribution in [0.15, 0.2) is 4.99 Å². The maximum absolute atomic E-state index is 11.4. The van der Waals surface area contributed by atoms with Crippen LogP contribution in [0.1, 0.15) is 47.5 Å². The van der Waals surface area contributed by atoms with Gasteiger partial charge in [0, 0.05) is 32.1 Å². The van der Waals surface area contributed by atoms with E-state index in [-0.39, 0.29) is 11.8 Å². The van der Waals surface area contributed by atoms with Gasteiger partial charge in [-0.1, -0.05) is 27.7 Å². The summed E-state index contributed by atoms with van der Waals surface area (Å²) in [6.07, 6.45) is 2.33. The fourth-order valence-corrected chi connectivity index (χ4v) is 1.65. The van der Waals surface area contributed by atoms with Gasteiger partial charge in [-0.3, -0.25) is 9.79 Å². The molecule has 118 valence electrons. The first kappa shape index (κ1) is 18.7. The summed E-state index contributed by atoms with van der Waals surface area (Å²) in [6, 6.07) is 0.397. The fraction of sp³-hybridized carbons (Fsp3) is 0.867. The van der Waals surface area contributed by atoms with Gasteiger partial charge >= 0.3 is 0 Å². The van der Waals surface area contributed by atoms with E-state index in [9.17, 15) is 4.79 Å². The Morgan fingerprint density at radius 2 is 1.60 bits per heavy atom. The Labute approximate surface area is 124 Å². The zero-order valence-electron chi connectivity index (χ0n) is 13.9. The minimum Gasteiger partial charge on any atom is -0.355 e. The molecule has 0 aliphatic rings. The molecule has 1 atom stereocenters. The highest BCUT2D eigenvalue weighted by Gasteiger charge is 2.07. The van der Waals surface area contributed by atoms with Crippen molar-refractivity contribution in [2.45, 2.75) is 53.5 Å². The zero-order valence-corrected chi connectivity index (χ0v) is 13.9. The van der Waals surface area contributed by atoms with Crippen LogP contribution < -0.4 is 16.0 Å². The lowest BCUT2D eigenvalue weighted by Crippen LogP contribution is -2.45. The van der Waals surface area contributed by atoms with Gasteiger partial charge in [-0.2, -0.15) is 0 Å². The predicted molar refractivity (Wildman–Crippen MR) is 85.9 cm³/mol. The summed E-state index contributed by atoms with van der Waals surface area (Å²) in [4.78, 5) is 15.6. The molecule has 0 bridgehead atoms. The minimum atomic E-state index is 0.0310.